The molecule has 8 heteroatoms. The molecular weight excluding hydrogens is 282 g/mol. The highest BCUT2D eigenvalue weighted by molar-refractivity contribution is 8.00. The van der Waals surface area contributed by atoms with E-state index < -0.39 is 24.0 Å². The number of carboxylic acids is 1. The predicted molar refractivity (Wildman–Crippen MR) is 78.5 cm³/mol. The summed E-state index contributed by atoms with van der Waals surface area (Å²) in [4.78, 5) is 30.1. The molecule has 4 atom stereocenters. The number of nitrogens with zero attached hydrogens (tertiary/aromatic N) is 2. The Kier molecular flexibility index (Phi) is 6.66. The molecule has 0 spiro atoms. The number of aldehydes is 1. The van der Waals surface area contributed by atoms with Crippen molar-refractivity contribution in [3.8, 4) is 0 Å². The van der Waals surface area contributed by atoms with Crippen LogP contribution >= 0.6 is 11.8 Å². The van der Waals surface area contributed by atoms with Crippen molar-refractivity contribution in [1.82, 2.24) is 0 Å². The van der Waals surface area contributed by atoms with Crippen molar-refractivity contribution < 1.29 is 19.8 Å². The fourth-order valence-corrected chi connectivity index (χ4v) is 3.22. The van der Waals surface area contributed by atoms with Gasteiger partial charge in [-0.2, -0.15) is 0 Å². The normalized spacial score (nSPS) is 25.4. The van der Waals surface area contributed by atoms with E-state index in [0.29, 0.717) is 25.0 Å². The van der Waals surface area contributed by atoms with E-state index in [2.05, 4.69) is 9.98 Å². The van der Waals surface area contributed by atoms with E-state index in [4.69, 9.17) is 10.8 Å². The summed E-state index contributed by atoms with van der Waals surface area (Å²) < 4.78 is 0. The van der Waals surface area contributed by atoms with Crippen LogP contribution in [0.1, 0.15) is 13.3 Å². The van der Waals surface area contributed by atoms with Crippen molar-refractivity contribution in [3.05, 3.63) is 0 Å². The molecule has 0 fully saturated rings. The van der Waals surface area contributed by atoms with Gasteiger partial charge < -0.3 is 20.7 Å². The van der Waals surface area contributed by atoms with E-state index in [1.165, 1.54) is 25.0 Å². The Bertz CT molecular complexity index is 412. The Morgan fingerprint density at radius 3 is 2.90 bits per heavy atom. The van der Waals surface area contributed by atoms with Crippen LogP contribution in [-0.2, 0) is 9.59 Å². The second kappa shape index (κ2) is 8.01. The van der Waals surface area contributed by atoms with E-state index >= 15 is 0 Å². The first-order valence-corrected chi connectivity index (χ1v) is 7.32. The van der Waals surface area contributed by atoms with Crippen LogP contribution in [0.4, 0.5) is 0 Å². The van der Waals surface area contributed by atoms with Crippen LogP contribution in [0.5, 0.6) is 0 Å². The van der Waals surface area contributed by atoms with Crippen LogP contribution in [0.3, 0.4) is 0 Å². The Morgan fingerprint density at radius 2 is 2.40 bits per heavy atom. The lowest BCUT2D eigenvalue weighted by molar-refractivity contribution is -0.129. The molecule has 0 aromatic rings. The van der Waals surface area contributed by atoms with Gasteiger partial charge in [-0.15, -0.1) is 11.8 Å². The van der Waals surface area contributed by atoms with Crippen molar-refractivity contribution in [2.24, 2.45) is 21.6 Å². The molecule has 112 valence electrons. The van der Waals surface area contributed by atoms with E-state index in [-0.39, 0.29) is 11.0 Å². The summed E-state index contributed by atoms with van der Waals surface area (Å²) >= 11 is 1.43. The number of carbonyl (C=O) groups is 2. The van der Waals surface area contributed by atoms with Gasteiger partial charge in [-0.3, -0.25) is 9.98 Å². The minimum Gasteiger partial charge on any atom is -0.477 e. The molecule has 0 bridgehead atoms. The third-order valence-corrected chi connectivity index (χ3v) is 4.32. The number of nitrogens with two attached hydrogens (primary N) is 1. The summed E-state index contributed by atoms with van der Waals surface area (Å²) in [6.45, 7) is 2.01. The molecule has 1 aliphatic rings. The van der Waals surface area contributed by atoms with Crippen LogP contribution in [0.2, 0.25) is 0 Å². The molecule has 1 heterocycles. The second-order valence-electron chi connectivity index (χ2n) is 4.49. The lowest BCUT2D eigenvalue weighted by Crippen LogP contribution is -2.29. The largest absolute Gasteiger partial charge is 0.477 e. The lowest BCUT2D eigenvalue weighted by Gasteiger charge is -2.18. The number of aliphatic hydroxyl groups excluding tert-OH is 1. The third kappa shape index (κ3) is 4.31. The maximum Gasteiger partial charge on any atom is 0.350 e. The van der Waals surface area contributed by atoms with E-state index in [1.54, 1.807) is 0 Å². The number of thioether (sulfide) groups is 1. The Balaban J connectivity index is 2.71. The van der Waals surface area contributed by atoms with Gasteiger partial charge in [0.25, 0.3) is 0 Å². The standard InChI is InChI=1S/C12H19N3O4S/c1-7(17)8(5-16)9-4-10(11(15-9)12(18)19)20-3-2-14-6-13/h5-10,17H,2-4H2,1H3,(H2,13,14)(H,18,19)/t7-,8-,9-,10-/m1/s1. The number of aliphatic carboxylic acids is 1. The molecule has 7 nitrogen and oxygen atoms in total. The highest BCUT2D eigenvalue weighted by Gasteiger charge is 2.38. The van der Waals surface area contributed by atoms with Crippen molar-refractivity contribution in [3.63, 3.8) is 0 Å². The topological polar surface area (TPSA) is 125 Å². The van der Waals surface area contributed by atoms with Crippen molar-refractivity contribution in [2.75, 3.05) is 12.3 Å². The molecule has 0 amide bonds. The smallest absolute Gasteiger partial charge is 0.350 e. The first kappa shape index (κ1) is 16.6. The van der Waals surface area contributed by atoms with Crippen LogP contribution in [0.25, 0.3) is 0 Å². The van der Waals surface area contributed by atoms with Gasteiger partial charge in [-0.05, 0) is 13.3 Å². The fraction of sp³-hybridized carbons (Fsp3) is 0.667. The maximum absolute atomic E-state index is 11.2. The van der Waals surface area contributed by atoms with Gasteiger partial charge in [-0.1, -0.05) is 0 Å². The summed E-state index contributed by atoms with van der Waals surface area (Å²) in [6, 6.07) is -0.478. The molecule has 0 saturated carbocycles. The summed E-state index contributed by atoms with van der Waals surface area (Å²) in [5.74, 6) is -1.13. The quantitative estimate of drug-likeness (QED) is 0.242. The van der Waals surface area contributed by atoms with Crippen molar-refractivity contribution in [1.29, 1.82) is 0 Å². The lowest BCUT2D eigenvalue weighted by atomic mass is 9.94. The van der Waals surface area contributed by atoms with E-state index in [9.17, 15) is 14.7 Å². The Morgan fingerprint density at radius 1 is 1.70 bits per heavy atom. The molecule has 0 unspecified atom stereocenters. The molecule has 1 rings (SSSR count). The molecule has 0 aromatic carbocycles. The summed E-state index contributed by atoms with van der Waals surface area (Å²) in [5.41, 5.74) is 5.19. The third-order valence-electron chi connectivity index (χ3n) is 3.09. The average Bonchev–Trinajstić information content (AvgIpc) is 2.79. The number of hydrogen-bond acceptors (Lipinski definition) is 6. The number of aliphatic hydroxyl groups is 1. The Labute approximate surface area is 121 Å². The highest BCUT2D eigenvalue weighted by Crippen LogP contribution is 2.30. The molecule has 4 N–H and O–H groups in total. The zero-order chi connectivity index (χ0) is 15.1. The van der Waals surface area contributed by atoms with Gasteiger partial charge in [0.2, 0.25) is 0 Å². The molecule has 20 heavy (non-hydrogen) atoms. The fourth-order valence-electron chi connectivity index (χ4n) is 2.08. The van der Waals surface area contributed by atoms with Crippen molar-refractivity contribution in [2.45, 2.75) is 30.7 Å². The van der Waals surface area contributed by atoms with Gasteiger partial charge in [0, 0.05) is 12.3 Å². The molecule has 0 aromatic heterocycles. The van der Waals surface area contributed by atoms with E-state index in [0.717, 1.165) is 0 Å². The molecule has 0 radical (unpaired) electrons. The molecule has 0 aliphatic carbocycles. The van der Waals surface area contributed by atoms with Gasteiger partial charge >= 0.3 is 5.97 Å². The van der Waals surface area contributed by atoms with Gasteiger partial charge in [0.1, 0.15) is 12.0 Å². The summed E-state index contributed by atoms with van der Waals surface area (Å²) in [6.07, 6.45) is 1.44. The number of hydrogen-bond donors (Lipinski definition) is 3. The van der Waals surface area contributed by atoms with Gasteiger partial charge in [0.05, 0.1) is 29.7 Å². The number of carboxylic acid groups (broad SMARTS) is 1. The van der Waals surface area contributed by atoms with Crippen LogP contribution in [0, 0.1) is 5.92 Å². The minimum atomic E-state index is -1.08. The number of carbonyl (C=O) groups excluding carboxylic acids is 1. The zero-order valence-corrected chi connectivity index (χ0v) is 12.0. The highest BCUT2D eigenvalue weighted by atomic mass is 32.2. The SMILES string of the molecule is C[C@@H](O)[C@@H](C=O)[C@H]1C[C@@H](SCCN=CN)C(C(=O)O)=N1. The summed E-state index contributed by atoms with van der Waals surface area (Å²) in [5, 5.41) is 18.4. The average molecular weight is 301 g/mol. The molecule has 0 saturated heterocycles. The van der Waals surface area contributed by atoms with Crippen molar-refractivity contribution >= 4 is 36.1 Å². The van der Waals surface area contributed by atoms with Crippen LogP contribution < -0.4 is 5.73 Å². The molecular formula is C12H19N3O4S. The maximum atomic E-state index is 11.2. The van der Waals surface area contributed by atoms with Gasteiger partial charge in [-0.25, -0.2) is 4.79 Å². The van der Waals surface area contributed by atoms with Gasteiger partial charge in [0.15, 0.2) is 0 Å². The molecule has 1 aliphatic heterocycles. The van der Waals surface area contributed by atoms with Crippen LogP contribution in [-0.4, -0.2) is 64.2 Å². The summed E-state index contributed by atoms with van der Waals surface area (Å²) in [7, 11) is 0. The first-order valence-electron chi connectivity index (χ1n) is 6.27. The first-order chi connectivity index (χ1) is 9.51. The van der Waals surface area contributed by atoms with E-state index in [1.807, 2.05) is 0 Å². The predicted octanol–water partition coefficient (Wildman–Crippen LogP) is -0.431. The number of aliphatic imine (C=N–C) groups is 2. The Hall–Kier alpha value is -1.41. The number of rotatable bonds is 8. The second-order valence-corrected chi connectivity index (χ2v) is 5.80. The minimum absolute atomic E-state index is 0.0595. The zero-order valence-electron chi connectivity index (χ0n) is 11.2. The van der Waals surface area contributed by atoms with Crippen LogP contribution in [0.15, 0.2) is 9.98 Å². The monoisotopic (exact) mass is 301 g/mol.